The van der Waals surface area contributed by atoms with Gasteiger partial charge in [-0.25, -0.2) is 0 Å². The zero-order valence-electron chi connectivity index (χ0n) is 9.88. The Morgan fingerprint density at radius 3 is 2.71 bits per heavy atom. The molecule has 0 aromatic rings. The predicted molar refractivity (Wildman–Crippen MR) is 60.5 cm³/mol. The molecule has 1 aliphatic carbocycles. The Labute approximate surface area is 88.4 Å². The van der Waals surface area contributed by atoms with Crippen LogP contribution in [0.3, 0.4) is 0 Å². The lowest BCUT2D eigenvalue weighted by molar-refractivity contribution is 0.149. The molecular formula is C12H25NO. The summed E-state index contributed by atoms with van der Waals surface area (Å²) >= 11 is 0. The van der Waals surface area contributed by atoms with E-state index in [0.29, 0.717) is 6.04 Å². The van der Waals surface area contributed by atoms with Crippen molar-refractivity contribution in [2.75, 3.05) is 13.7 Å². The molecule has 1 fully saturated rings. The third-order valence-electron chi connectivity index (χ3n) is 3.35. The summed E-state index contributed by atoms with van der Waals surface area (Å²) in [7, 11) is 1.77. The molecule has 0 bridgehead atoms. The summed E-state index contributed by atoms with van der Waals surface area (Å²) in [5.41, 5.74) is 0. The van der Waals surface area contributed by atoms with Crippen LogP contribution in [0.1, 0.15) is 46.0 Å². The van der Waals surface area contributed by atoms with Crippen LogP contribution in [0.4, 0.5) is 0 Å². The first kappa shape index (κ1) is 12.0. The van der Waals surface area contributed by atoms with Gasteiger partial charge in [0.25, 0.3) is 0 Å². The standard InChI is InChI=1S/C12H25NO/c1-4-11-7-5-6-8-12(11)13-10(2)9-14-3/h10-13H,4-9H2,1-3H3. The molecule has 3 atom stereocenters. The van der Waals surface area contributed by atoms with E-state index in [0.717, 1.165) is 18.6 Å². The Morgan fingerprint density at radius 1 is 1.36 bits per heavy atom. The minimum Gasteiger partial charge on any atom is -0.383 e. The third kappa shape index (κ3) is 3.58. The van der Waals surface area contributed by atoms with Crippen molar-refractivity contribution in [3.63, 3.8) is 0 Å². The van der Waals surface area contributed by atoms with E-state index in [-0.39, 0.29) is 0 Å². The summed E-state index contributed by atoms with van der Waals surface area (Å²) in [4.78, 5) is 0. The van der Waals surface area contributed by atoms with Crippen LogP contribution < -0.4 is 5.32 Å². The highest BCUT2D eigenvalue weighted by Crippen LogP contribution is 2.26. The fourth-order valence-electron chi connectivity index (χ4n) is 2.58. The number of rotatable bonds is 5. The van der Waals surface area contributed by atoms with Gasteiger partial charge < -0.3 is 10.1 Å². The lowest BCUT2D eigenvalue weighted by Crippen LogP contribution is -2.44. The maximum Gasteiger partial charge on any atom is 0.0613 e. The number of hydrogen-bond donors (Lipinski definition) is 1. The van der Waals surface area contributed by atoms with Gasteiger partial charge in [0.15, 0.2) is 0 Å². The Kier molecular flexibility index (Phi) is 5.49. The maximum atomic E-state index is 5.15. The Hall–Kier alpha value is -0.0800. The van der Waals surface area contributed by atoms with Gasteiger partial charge in [0.1, 0.15) is 0 Å². The van der Waals surface area contributed by atoms with Gasteiger partial charge in [-0.2, -0.15) is 0 Å². The van der Waals surface area contributed by atoms with E-state index >= 15 is 0 Å². The van der Waals surface area contributed by atoms with E-state index in [1.807, 2.05) is 0 Å². The topological polar surface area (TPSA) is 21.3 Å². The highest BCUT2D eigenvalue weighted by atomic mass is 16.5. The zero-order valence-corrected chi connectivity index (χ0v) is 9.88. The first-order valence-corrected chi connectivity index (χ1v) is 6.03. The average Bonchev–Trinajstić information content (AvgIpc) is 2.19. The van der Waals surface area contributed by atoms with Crippen LogP contribution in [0.5, 0.6) is 0 Å². The molecular weight excluding hydrogens is 174 g/mol. The first-order valence-electron chi connectivity index (χ1n) is 6.03. The summed E-state index contributed by atoms with van der Waals surface area (Å²) in [5.74, 6) is 0.892. The molecule has 0 aliphatic heterocycles. The van der Waals surface area contributed by atoms with Crippen molar-refractivity contribution < 1.29 is 4.74 Å². The largest absolute Gasteiger partial charge is 0.383 e. The maximum absolute atomic E-state index is 5.15. The normalized spacial score (nSPS) is 30.2. The van der Waals surface area contributed by atoms with Gasteiger partial charge in [-0.1, -0.05) is 26.2 Å². The quantitative estimate of drug-likeness (QED) is 0.735. The molecule has 84 valence electrons. The molecule has 1 rings (SSSR count). The Morgan fingerprint density at radius 2 is 2.07 bits per heavy atom. The molecule has 0 saturated heterocycles. The van der Waals surface area contributed by atoms with Crippen molar-refractivity contribution in [3.05, 3.63) is 0 Å². The minimum absolute atomic E-state index is 0.497. The fourth-order valence-corrected chi connectivity index (χ4v) is 2.58. The summed E-state index contributed by atoms with van der Waals surface area (Å²) in [6.07, 6.45) is 6.90. The van der Waals surface area contributed by atoms with Gasteiger partial charge in [0.2, 0.25) is 0 Å². The number of hydrogen-bond acceptors (Lipinski definition) is 2. The first-order chi connectivity index (χ1) is 6.77. The minimum atomic E-state index is 0.497. The molecule has 0 aromatic heterocycles. The van der Waals surface area contributed by atoms with Crippen LogP contribution in [0.2, 0.25) is 0 Å². The van der Waals surface area contributed by atoms with Crippen molar-refractivity contribution in [2.24, 2.45) is 5.92 Å². The highest BCUT2D eigenvalue weighted by molar-refractivity contribution is 4.82. The zero-order chi connectivity index (χ0) is 10.4. The third-order valence-corrected chi connectivity index (χ3v) is 3.35. The summed E-state index contributed by atoms with van der Waals surface area (Å²) in [6, 6.07) is 1.23. The fraction of sp³-hybridized carbons (Fsp3) is 1.00. The van der Waals surface area contributed by atoms with Crippen molar-refractivity contribution in [1.82, 2.24) is 5.32 Å². The van der Waals surface area contributed by atoms with Gasteiger partial charge in [-0.05, 0) is 25.7 Å². The molecule has 0 radical (unpaired) electrons. The molecule has 0 heterocycles. The van der Waals surface area contributed by atoms with Crippen molar-refractivity contribution >= 4 is 0 Å². The van der Waals surface area contributed by atoms with Crippen LogP contribution >= 0.6 is 0 Å². The lowest BCUT2D eigenvalue weighted by Gasteiger charge is -2.33. The number of ether oxygens (including phenoxy) is 1. The molecule has 1 saturated carbocycles. The van der Waals surface area contributed by atoms with Crippen LogP contribution in [0, 0.1) is 5.92 Å². The monoisotopic (exact) mass is 199 g/mol. The average molecular weight is 199 g/mol. The van der Waals surface area contributed by atoms with Crippen molar-refractivity contribution in [3.8, 4) is 0 Å². The van der Waals surface area contributed by atoms with Crippen molar-refractivity contribution in [1.29, 1.82) is 0 Å². The Bertz CT molecular complexity index is 149. The second-order valence-electron chi connectivity index (χ2n) is 4.58. The molecule has 14 heavy (non-hydrogen) atoms. The summed E-state index contributed by atoms with van der Waals surface area (Å²) in [6.45, 7) is 5.35. The predicted octanol–water partition coefficient (Wildman–Crippen LogP) is 2.58. The molecule has 0 spiro atoms. The van der Waals surface area contributed by atoms with Gasteiger partial charge in [-0.3, -0.25) is 0 Å². The van der Waals surface area contributed by atoms with Crippen LogP contribution in [0.25, 0.3) is 0 Å². The molecule has 2 heteroatoms. The van der Waals surface area contributed by atoms with E-state index in [1.165, 1.54) is 32.1 Å². The van der Waals surface area contributed by atoms with Crippen LogP contribution in [-0.2, 0) is 4.74 Å². The second-order valence-corrected chi connectivity index (χ2v) is 4.58. The molecule has 2 nitrogen and oxygen atoms in total. The summed E-state index contributed by atoms with van der Waals surface area (Å²) < 4.78 is 5.15. The molecule has 0 amide bonds. The van der Waals surface area contributed by atoms with Crippen molar-refractivity contribution in [2.45, 2.75) is 58.0 Å². The smallest absolute Gasteiger partial charge is 0.0613 e. The lowest BCUT2D eigenvalue weighted by atomic mass is 9.82. The van der Waals surface area contributed by atoms with E-state index in [4.69, 9.17) is 4.74 Å². The van der Waals surface area contributed by atoms with Crippen LogP contribution in [-0.4, -0.2) is 25.8 Å². The second kappa shape index (κ2) is 6.41. The van der Waals surface area contributed by atoms with Crippen LogP contribution in [0.15, 0.2) is 0 Å². The Balaban J connectivity index is 2.32. The van der Waals surface area contributed by atoms with Gasteiger partial charge in [0.05, 0.1) is 6.61 Å². The van der Waals surface area contributed by atoms with E-state index in [1.54, 1.807) is 7.11 Å². The highest BCUT2D eigenvalue weighted by Gasteiger charge is 2.24. The molecule has 3 unspecified atom stereocenters. The van der Waals surface area contributed by atoms with Gasteiger partial charge >= 0.3 is 0 Å². The van der Waals surface area contributed by atoms with E-state index in [2.05, 4.69) is 19.2 Å². The molecule has 1 N–H and O–H groups in total. The molecule has 0 aromatic carbocycles. The SMILES string of the molecule is CCC1CCCCC1NC(C)COC. The molecule has 1 aliphatic rings. The number of nitrogens with one attached hydrogen (secondary N) is 1. The van der Waals surface area contributed by atoms with E-state index < -0.39 is 0 Å². The number of methoxy groups -OCH3 is 1. The van der Waals surface area contributed by atoms with Gasteiger partial charge in [0, 0.05) is 19.2 Å². The van der Waals surface area contributed by atoms with E-state index in [9.17, 15) is 0 Å². The summed E-state index contributed by atoms with van der Waals surface area (Å²) in [5, 5.41) is 3.70. The van der Waals surface area contributed by atoms with Gasteiger partial charge in [-0.15, -0.1) is 0 Å².